The molecule has 1 aromatic heterocycles. The highest BCUT2D eigenvalue weighted by atomic mass is 19.4. The van der Waals surface area contributed by atoms with Gasteiger partial charge in [0, 0.05) is 12.0 Å². The summed E-state index contributed by atoms with van der Waals surface area (Å²) in [7, 11) is 0. The summed E-state index contributed by atoms with van der Waals surface area (Å²) >= 11 is 0. The zero-order chi connectivity index (χ0) is 22.2. The Balaban J connectivity index is 1.66. The van der Waals surface area contributed by atoms with Gasteiger partial charge in [0.2, 0.25) is 0 Å². The summed E-state index contributed by atoms with van der Waals surface area (Å²) in [5, 5.41) is 16.9. The van der Waals surface area contributed by atoms with Crippen molar-refractivity contribution in [1.29, 1.82) is 0 Å². The molecule has 0 bridgehead atoms. The van der Waals surface area contributed by atoms with E-state index in [0.717, 1.165) is 44.0 Å². The first-order chi connectivity index (χ1) is 14.7. The number of aromatic hydroxyl groups is 1. The van der Waals surface area contributed by atoms with Gasteiger partial charge in [0.05, 0.1) is 18.3 Å². The highest BCUT2D eigenvalue weighted by molar-refractivity contribution is 5.92. The van der Waals surface area contributed by atoms with Gasteiger partial charge in [-0.15, -0.1) is 0 Å². The van der Waals surface area contributed by atoms with Crippen LogP contribution in [0.4, 0.5) is 13.2 Å². The minimum absolute atomic E-state index is 0.158. The van der Waals surface area contributed by atoms with Crippen molar-refractivity contribution < 1.29 is 23.1 Å². The Morgan fingerprint density at radius 2 is 1.97 bits per heavy atom. The zero-order valence-corrected chi connectivity index (χ0v) is 16.9. The van der Waals surface area contributed by atoms with E-state index in [-0.39, 0.29) is 6.54 Å². The number of aromatic nitrogens is 2. The van der Waals surface area contributed by atoms with Gasteiger partial charge in [0.1, 0.15) is 0 Å². The number of benzene rings is 1. The van der Waals surface area contributed by atoms with Crippen molar-refractivity contribution in [1.82, 2.24) is 15.1 Å². The van der Waals surface area contributed by atoms with Crippen LogP contribution in [-0.2, 0) is 18.1 Å². The third-order valence-electron chi connectivity index (χ3n) is 6.24. The SMILES string of the molecule is O=C(NCC1CC1)c1nn(CC2(c3cccc(C(F)(F)F)c3)CCCC2)cc(O)c1=O. The van der Waals surface area contributed by atoms with Gasteiger partial charge in [0.25, 0.3) is 11.3 Å². The van der Waals surface area contributed by atoms with Crippen molar-refractivity contribution in [2.75, 3.05) is 6.54 Å². The molecule has 0 saturated heterocycles. The van der Waals surface area contributed by atoms with Gasteiger partial charge in [-0.3, -0.25) is 14.3 Å². The molecular weight excluding hydrogens is 411 g/mol. The standard InChI is InChI=1S/C22H24F3N3O3/c23-22(24,25)16-5-3-4-15(10-16)21(8-1-2-9-21)13-28-12-17(29)19(30)18(27-28)20(31)26-11-14-6-7-14/h3-5,10,12,14,29H,1-2,6-9,11,13H2,(H,26,31). The number of nitrogens with one attached hydrogen (secondary N) is 1. The second-order valence-electron chi connectivity index (χ2n) is 8.61. The molecule has 0 aliphatic heterocycles. The summed E-state index contributed by atoms with van der Waals surface area (Å²) in [6.45, 7) is 0.606. The predicted octanol–water partition coefficient (Wildman–Crippen LogP) is 3.62. The van der Waals surface area contributed by atoms with E-state index in [4.69, 9.17) is 0 Å². The summed E-state index contributed by atoms with van der Waals surface area (Å²) in [4.78, 5) is 24.7. The summed E-state index contributed by atoms with van der Waals surface area (Å²) in [5.74, 6) is -0.851. The van der Waals surface area contributed by atoms with E-state index in [1.54, 1.807) is 6.07 Å². The Kier molecular flexibility index (Phi) is 5.53. The van der Waals surface area contributed by atoms with Crippen molar-refractivity contribution in [2.45, 2.75) is 56.7 Å². The number of hydrogen-bond donors (Lipinski definition) is 2. The van der Waals surface area contributed by atoms with Crippen molar-refractivity contribution >= 4 is 5.91 Å². The molecule has 2 N–H and O–H groups in total. The molecule has 2 fully saturated rings. The first-order valence-electron chi connectivity index (χ1n) is 10.4. The second kappa shape index (κ2) is 8.01. The average molecular weight is 435 g/mol. The molecule has 0 unspecified atom stereocenters. The predicted molar refractivity (Wildman–Crippen MR) is 107 cm³/mol. The maximum absolute atomic E-state index is 13.2. The molecule has 1 amide bonds. The molecule has 9 heteroatoms. The molecule has 2 aliphatic rings. The lowest BCUT2D eigenvalue weighted by atomic mass is 9.78. The zero-order valence-electron chi connectivity index (χ0n) is 16.9. The number of rotatable bonds is 6. The van der Waals surface area contributed by atoms with Gasteiger partial charge in [-0.2, -0.15) is 18.3 Å². The third-order valence-corrected chi connectivity index (χ3v) is 6.24. The van der Waals surface area contributed by atoms with Gasteiger partial charge >= 0.3 is 6.18 Å². The maximum atomic E-state index is 13.2. The van der Waals surface area contributed by atoms with Crippen LogP contribution in [-0.4, -0.2) is 27.3 Å². The van der Waals surface area contributed by atoms with Gasteiger partial charge in [-0.25, -0.2) is 0 Å². The van der Waals surface area contributed by atoms with E-state index in [2.05, 4.69) is 10.4 Å². The van der Waals surface area contributed by atoms with Crippen LogP contribution in [0.5, 0.6) is 5.75 Å². The van der Waals surface area contributed by atoms with Crippen LogP contribution in [0.15, 0.2) is 35.3 Å². The molecule has 2 saturated carbocycles. The molecule has 1 aromatic carbocycles. The van der Waals surface area contributed by atoms with Crippen LogP contribution in [0.2, 0.25) is 0 Å². The van der Waals surface area contributed by atoms with Crippen LogP contribution in [0.1, 0.15) is 60.1 Å². The van der Waals surface area contributed by atoms with E-state index in [1.165, 1.54) is 10.7 Å². The molecule has 2 aliphatic carbocycles. The van der Waals surface area contributed by atoms with Crippen LogP contribution in [0, 0.1) is 5.92 Å². The van der Waals surface area contributed by atoms with Crippen LogP contribution in [0.3, 0.4) is 0 Å². The Bertz CT molecular complexity index is 1040. The monoisotopic (exact) mass is 435 g/mol. The van der Waals surface area contributed by atoms with E-state index in [1.807, 2.05) is 0 Å². The number of alkyl halides is 3. The van der Waals surface area contributed by atoms with Crippen LogP contribution >= 0.6 is 0 Å². The fourth-order valence-corrected chi connectivity index (χ4v) is 4.32. The normalized spacial score (nSPS) is 18.2. The smallest absolute Gasteiger partial charge is 0.416 e. The lowest BCUT2D eigenvalue weighted by Crippen LogP contribution is -2.35. The molecule has 0 atom stereocenters. The number of hydrogen-bond acceptors (Lipinski definition) is 4. The van der Waals surface area contributed by atoms with Crippen molar-refractivity contribution in [3.05, 3.63) is 57.5 Å². The molecule has 0 radical (unpaired) electrons. The molecule has 6 nitrogen and oxygen atoms in total. The fraction of sp³-hybridized carbons (Fsp3) is 0.500. The third kappa shape index (κ3) is 4.60. The summed E-state index contributed by atoms with van der Waals surface area (Å²) in [5.41, 5.74) is -2.06. The molecule has 0 spiro atoms. The maximum Gasteiger partial charge on any atom is 0.416 e. The molecular formula is C22H24F3N3O3. The number of nitrogens with zero attached hydrogens (tertiary/aromatic N) is 2. The lowest BCUT2D eigenvalue weighted by molar-refractivity contribution is -0.137. The summed E-state index contributed by atoms with van der Waals surface area (Å²) in [6, 6.07) is 5.27. The van der Waals surface area contributed by atoms with Crippen molar-refractivity contribution in [3.8, 4) is 5.75 Å². The van der Waals surface area contributed by atoms with Gasteiger partial charge in [-0.05, 0) is 43.2 Å². The number of carbonyl (C=O) groups excluding carboxylic acids is 1. The molecule has 4 rings (SSSR count). The minimum atomic E-state index is -4.45. The Morgan fingerprint density at radius 3 is 2.61 bits per heavy atom. The highest BCUT2D eigenvalue weighted by Crippen LogP contribution is 2.44. The Labute approximate surface area is 177 Å². The van der Waals surface area contributed by atoms with E-state index >= 15 is 0 Å². The second-order valence-corrected chi connectivity index (χ2v) is 8.61. The highest BCUT2D eigenvalue weighted by Gasteiger charge is 2.39. The molecule has 2 aromatic rings. The number of amides is 1. The number of carbonyl (C=O) groups is 1. The first kappa shape index (κ1) is 21.4. The summed E-state index contributed by atoms with van der Waals surface area (Å²) < 4.78 is 41.1. The largest absolute Gasteiger partial charge is 0.503 e. The minimum Gasteiger partial charge on any atom is -0.503 e. The van der Waals surface area contributed by atoms with E-state index in [9.17, 15) is 27.9 Å². The van der Waals surface area contributed by atoms with Crippen LogP contribution < -0.4 is 10.7 Å². The van der Waals surface area contributed by atoms with Gasteiger partial charge in [-0.1, -0.05) is 31.0 Å². The number of halogens is 3. The van der Waals surface area contributed by atoms with Crippen molar-refractivity contribution in [3.63, 3.8) is 0 Å². The average Bonchev–Trinajstić information content (AvgIpc) is 3.44. The van der Waals surface area contributed by atoms with E-state index in [0.29, 0.717) is 30.9 Å². The van der Waals surface area contributed by atoms with Gasteiger partial charge in [0.15, 0.2) is 11.4 Å². The lowest BCUT2D eigenvalue weighted by Gasteiger charge is -2.31. The molecule has 31 heavy (non-hydrogen) atoms. The topological polar surface area (TPSA) is 84.2 Å². The Hall–Kier alpha value is -2.84. The molecule has 1 heterocycles. The fourth-order valence-electron chi connectivity index (χ4n) is 4.32. The van der Waals surface area contributed by atoms with Crippen LogP contribution in [0.25, 0.3) is 0 Å². The molecule has 166 valence electrons. The first-order valence-corrected chi connectivity index (χ1v) is 10.4. The Morgan fingerprint density at radius 1 is 1.26 bits per heavy atom. The van der Waals surface area contributed by atoms with Crippen molar-refractivity contribution in [2.24, 2.45) is 5.92 Å². The van der Waals surface area contributed by atoms with E-state index < -0.39 is 39.9 Å². The van der Waals surface area contributed by atoms with Gasteiger partial charge < -0.3 is 10.4 Å². The quantitative estimate of drug-likeness (QED) is 0.726. The summed E-state index contributed by atoms with van der Waals surface area (Å²) in [6.07, 6.45) is 1.73.